The fraction of sp³-hybridized carbons (Fsp3) is 0.417. The van der Waals surface area contributed by atoms with E-state index in [1.807, 2.05) is 0 Å². The molecule has 102 valence electrons. The third-order valence-electron chi connectivity index (χ3n) is 3.17. The molecule has 3 N–H and O–H groups in total. The maximum Gasteiger partial charge on any atom is 0.311 e. The van der Waals surface area contributed by atoms with Crippen molar-refractivity contribution in [3.63, 3.8) is 0 Å². The minimum atomic E-state index is -0.612. The first-order valence-electron chi connectivity index (χ1n) is 5.82. The van der Waals surface area contributed by atoms with Gasteiger partial charge in [-0.2, -0.15) is 0 Å². The van der Waals surface area contributed by atoms with Gasteiger partial charge in [-0.15, -0.1) is 0 Å². The van der Waals surface area contributed by atoms with Crippen molar-refractivity contribution < 1.29 is 14.1 Å². The fourth-order valence-corrected chi connectivity index (χ4v) is 1.94. The smallest absolute Gasteiger partial charge is 0.311 e. The van der Waals surface area contributed by atoms with Crippen molar-refractivity contribution in [2.45, 2.75) is 19.3 Å². The van der Waals surface area contributed by atoms with Gasteiger partial charge < -0.3 is 10.5 Å². The highest BCUT2D eigenvalue weighted by Gasteiger charge is 2.44. The van der Waals surface area contributed by atoms with Crippen LogP contribution in [-0.4, -0.2) is 17.4 Å². The molecule has 6 nitrogen and oxygen atoms in total. The molecule has 0 aliphatic heterocycles. The van der Waals surface area contributed by atoms with E-state index in [-0.39, 0.29) is 29.3 Å². The van der Waals surface area contributed by atoms with E-state index in [1.54, 1.807) is 0 Å². The minimum absolute atomic E-state index is 0.0647. The Balaban J connectivity index is 2.09. The topological polar surface area (TPSA) is 102 Å². The first-order valence-corrected chi connectivity index (χ1v) is 5.82. The molecule has 0 saturated heterocycles. The highest BCUT2D eigenvalue weighted by atomic mass is 19.1. The Morgan fingerprint density at radius 1 is 1.58 bits per heavy atom. The predicted molar refractivity (Wildman–Crippen MR) is 66.7 cm³/mol. The second-order valence-electron chi connectivity index (χ2n) is 4.86. The molecule has 1 aliphatic carbocycles. The first kappa shape index (κ1) is 13.3. The van der Waals surface area contributed by atoms with E-state index < -0.39 is 10.7 Å². The summed E-state index contributed by atoms with van der Waals surface area (Å²) in [6.45, 7) is 0.205. The van der Waals surface area contributed by atoms with Crippen LogP contribution in [0.2, 0.25) is 0 Å². The molecule has 1 fully saturated rings. The van der Waals surface area contributed by atoms with Crippen LogP contribution < -0.4 is 10.5 Å². The zero-order valence-corrected chi connectivity index (χ0v) is 10.2. The third-order valence-corrected chi connectivity index (χ3v) is 3.17. The monoisotopic (exact) mass is 267 g/mol. The largest absolute Gasteiger partial charge is 0.486 e. The molecule has 0 aromatic heterocycles. The van der Waals surface area contributed by atoms with Crippen molar-refractivity contribution in [2.24, 2.45) is 11.1 Å². The third kappa shape index (κ3) is 3.18. The summed E-state index contributed by atoms with van der Waals surface area (Å²) in [5.41, 5.74) is 4.87. The Morgan fingerprint density at radius 2 is 2.26 bits per heavy atom. The summed E-state index contributed by atoms with van der Waals surface area (Å²) in [5, 5.41) is 18.1. The molecule has 0 atom stereocenters. The van der Waals surface area contributed by atoms with Crippen molar-refractivity contribution >= 4 is 11.5 Å². The summed E-state index contributed by atoms with van der Waals surface area (Å²) >= 11 is 0. The van der Waals surface area contributed by atoms with Gasteiger partial charge in [-0.3, -0.25) is 15.5 Å². The summed E-state index contributed by atoms with van der Waals surface area (Å²) in [5.74, 6) is -0.605. The zero-order valence-electron chi connectivity index (χ0n) is 10.2. The molecule has 0 radical (unpaired) electrons. The summed E-state index contributed by atoms with van der Waals surface area (Å²) < 4.78 is 18.5. The van der Waals surface area contributed by atoms with Gasteiger partial charge >= 0.3 is 5.69 Å². The molecule has 1 aromatic rings. The lowest BCUT2D eigenvalue weighted by molar-refractivity contribution is -0.386. The van der Waals surface area contributed by atoms with Crippen LogP contribution in [0.15, 0.2) is 18.2 Å². The van der Waals surface area contributed by atoms with Crippen LogP contribution in [0.5, 0.6) is 5.75 Å². The predicted octanol–water partition coefficient (Wildman–Crippen LogP) is 2.22. The SMILES string of the molecule is N=C(N)CC1(COc2cc(F)ccc2[N+](=O)[O-])CC1. The molecule has 1 aliphatic rings. The number of hydrogen-bond acceptors (Lipinski definition) is 4. The Bertz CT molecular complexity index is 529. The van der Waals surface area contributed by atoms with E-state index in [9.17, 15) is 14.5 Å². The van der Waals surface area contributed by atoms with Crippen molar-refractivity contribution in [3.8, 4) is 5.75 Å². The maximum atomic E-state index is 13.1. The van der Waals surface area contributed by atoms with Gasteiger partial charge in [-0.05, 0) is 18.9 Å². The van der Waals surface area contributed by atoms with E-state index in [4.69, 9.17) is 15.9 Å². The Morgan fingerprint density at radius 3 is 2.79 bits per heavy atom. The molecular weight excluding hydrogens is 253 g/mol. The number of ether oxygens (including phenoxy) is 1. The number of hydrogen-bond donors (Lipinski definition) is 2. The molecule has 0 bridgehead atoms. The Kier molecular flexibility index (Phi) is 3.37. The fourth-order valence-electron chi connectivity index (χ4n) is 1.94. The average Bonchev–Trinajstić information content (AvgIpc) is 3.05. The van der Waals surface area contributed by atoms with Crippen LogP contribution >= 0.6 is 0 Å². The van der Waals surface area contributed by atoms with E-state index in [0.717, 1.165) is 31.0 Å². The van der Waals surface area contributed by atoms with Gasteiger partial charge in [0, 0.05) is 24.0 Å². The standard InChI is InChI=1S/C12H14FN3O3/c13-8-1-2-9(16(17)18)10(5-8)19-7-12(3-4-12)6-11(14)15/h1-2,5H,3-4,6-7H2,(H3,14,15). The minimum Gasteiger partial charge on any atom is -0.486 e. The summed E-state index contributed by atoms with van der Waals surface area (Å²) in [7, 11) is 0. The summed E-state index contributed by atoms with van der Waals surface area (Å²) in [6.07, 6.45) is 2.11. The number of nitrogens with zero attached hydrogens (tertiary/aromatic N) is 1. The van der Waals surface area contributed by atoms with Gasteiger partial charge in [0.05, 0.1) is 17.4 Å². The number of nitrogens with two attached hydrogens (primary N) is 1. The lowest BCUT2D eigenvalue weighted by atomic mass is 10.0. The van der Waals surface area contributed by atoms with Crippen LogP contribution in [0.3, 0.4) is 0 Å². The average molecular weight is 267 g/mol. The van der Waals surface area contributed by atoms with Crippen molar-refractivity contribution in [3.05, 3.63) is 34.1 Å². The van der Waals surface area contributed by atoms with Crippen LogP contribution in [0, 0.1) is 26.8 Å². The second kappa shape index (κ2) is 4.83. The molecule has 0 unspecified atom stereocenters. The molecule has 7 heteroatoms. The van der Waals surface area contributed by atoms with Crippen molar-refractivity contribution in [1.82, 2.24) is 0 Å². The molecule has 0 heterocycles. The van der Waals surface area contributed by atoms with Crippen LogP contribution in [-0.2, 0) is 0 Å². The summed E-state index contributed by atoms with van der Waals surface area (Å²) in [6, 6.07) is 3.10. The van der Waals surface area contributed by atoms with E-state index in [2.05, 4.69) is 0 Å². The highest BCUT2D eigenvalue weighted by molar-refractivity contribution is 5.78. The molecule has 1 saturated carbocycles. The number of rotatable bonds is 6. The lowest BCUT2D eigenvalue weighted by Gasteiger charge is -2.15. The quantitative estimate of drug-likeness (QED) is 0.357. The van der Waals surface area contributed by atoms with E-state index in [0.29, 0.717) is 6.42 Å². The van der Waals surface area contributed by atoms with Crippen LogP contribution in [0.25, 0.3) is 0 Å². The van der Waals surface area contributed by atoms with Crippen molar-refractivity contribution in [2.75, 3.05) is 6.61 Å². The van der Waals surface area contributed by atoms with E-state index >= 15 is 0 Å². The van der Waals surface area contributed by atoms with Gasteiger partial charge in [0.2, 0.25) is 0 Å². The molecule has 0 amide bonds. The Labute approximate surface area is 109 Å². The van der Waals surface area contributed by atoms with Crippen LogP contribution in [0.4, 0.5) is 10.1 Å². The van der Waals surface area contributed by atoms with Gasteiger partial charge in [0.25, 0.3) is 0 Å². The normalized spacial score (nSPS) is 15.8. The van der Waals surface area contributed by atoms with Crippen LogP contribution in [0.1, 0.15) is 19.3 Å². The Hall–Kier alpha value is -2.18. The molecular formula is C12H14FN3O3. The number of benzene rings is 1. The second-order valence-corrected chi connectivity index (χ2v) is 4.86. The van der Waals surface area contributed by atoms with Gasteiger partial charge in [-0.1, -0.05) is 0 Å². The number of nitro groups is 1. The highest BCUT2D eigenvalue weighted by Crippen LogP contribution is 2.49. The van der Waals surface area contributed by atoms with Gasteiger partial charge in [0.1, 0.15) is 5.82 Å². The van der Waals surface area contributed by atoms with Crippen molar-refractivity contribution in [1.29, 1.82) is 5.41 Å². The van der Waals surface area contributed by atoms with Gasteiger partial charge in [-0.25, -0.2) is 4.39 Å². The molecule has 1 aromatic carbocycles. The number of halogens is 1. The molecule has 2 rings (SSSR count). The maximum absolute atomic E-state index is 13.1. The van der Waals surface area contributed by atoms with E-state index in [1.165, 1.54) is 0 Å². The first-order chi connectivity index (χ1) is 8.92. The number of amidine groups is 1. The lowest BCUT2D eigenvalue weighted by Crippen LogP contribution is -2.22. The molecule has 19 heavy (non-hydrogen) atoms. The number of nitro benzene ring substituents is 1. The van der Waals surface area contributed by atoms with Gasteiger partial charge in [0.15, 0.2) is 5.75 Å². The summed E-state index contributed by atoms with van der Waals surface area (Å²) in [4.78, 5) is 10.2. The zero-order chi connectivity index (χ0) is 14.0. The molecule has 0 spiro atoms. The number of nitrogens with one attached hydrogen (secondary N) is 1.